The van der Waals surface area contributed by atoms with Crippen molar-refractivity contribution in [2.75, 3.05) is 19.7 Å². The third kappa shape index (κ3) is 5.06. The summed E-state index contributed by atoms with van der Waals surface area (Å²) in [5, 5.41) is 8.76. The first-order valence-electron chi connectivity index (χ1n) is 9.16. The Morgan fingerprint density at radius 1 is 1.28 bits per heavy atom. The second-order valence-corrected chi connectivity index (χ2v) is 7.46. The van der Waals surface area contributed by atoms with Crippen LogP contribution in [0.3, 0.4) is 0 Å². The van der Waals surface area contributed by atoms with Gasteiger partial charge in [0.2, 0.25) is 12.0 Å². The van der Waals surface area contributed by atoms with E-state index in [1.54, 1.807) is 0 Å². The van der Waals surface area contributed by atoms with Crippen molar-refractivity contribution in [1.82, 2.24) is 9.88 Å². The van der Waals surface area contributed by atoms with Crippen LogP contribution >= 0.6 is 0 Å². The van der Waals surface area contributed by atoms with Gasteiger partial charge < -0.3 is 19.5 Å². The maximum absolute atomic E-state index is 12.6. The first kappa shape index (κ1) is 21.5. The quantitative estimate of drug-likeness (QED) is 0.730. The molecule has 1 atom stereocenters. The van der Waals surface area contributed by atoms with Gasteiger partial charge in [-0.2, -0.15) is 13.2 Å². The van der Waals surface area contributed by atoms with Crippen molar-refractivity contribution < 1.29 is 41.3 Å². The van der Waals surface area contributed by atoms with Crippen LogP contribution in [-0.2, 0) is 4.74 Å². The number of hydrogen-bond donors (Lipinski definition) is 1. The second-order valence-electron chi connectivity index (χ2n) is 7.46. The van der Waals surface area contributed by atoms with E-state index in [1.807, 2.05) is 0 Å². The van der Waals surface area contributed by atoms with Gasteiger partial charge in [0.25, 0.3) is 6.43 Å². The topological polar surface area (TPSA) is 71.9 Å². The van der Waals surface area contributed by atoms with Gasteiger partial charge in [-0.25, -0.2) is 18.6 Å². The summed E-state index contributed by atoms with van der Waals surface area (Å²) in [6.07, 6.45) is -7.52. The molecular formula is C18H21F5N2O4. The van der Waals surface area contributed by atoms with Gasteiger partial charge in [0.15, 0.2) is 0 Å². The summed E-state index contributed by atoms with van der Waals surface area (Å²) in [6.45, 7) is -0.815. The van der Waals surface area contributed by atoms with Gasteiger partial charge in [0.1, 0.15) is 6.10 Å². The highest BCUT2D eigenvalue weighted by molar-refractivity contribution is 5.68. The Morgan fingerprint density at radius 2 is 1.93 bits per heavy atom. The summed E-state index contributed by atoms with van der Waals surface area (Å²) in [7, 11) is 0. The number of carbonyl (C=O) groups is 1. The summed E-state index contributed by atoms with van der Waals surface area (Å²) in [4.78, 5) is 17.0. The smallest absolute Gasteiger partial charge is 0.427 e. The lowest BCUT2D eigenvalue weighted by molar-refractivity contribution is -0.215. The fourth-order valence-electron chi connectivity index (χ4n) is 3.73. The maximum atomic E-state index is 12.6. The molecule has 162 valence electrons. The summed E-state index contributed by atoms with van der Waals surface area (Å²) >= 11 is 0. The van der Waals surface area contributed by atoms with Crippen LogP contribution in [0.5, 0.6) is 5.88 Å². The number of aromatic nitrogens is 1. The molecule has 1 saturated heterocycles. The Morgan fingerprint density at radius 3 is 2.41 bits per heavy atom. The number of aliphatic hydroxyl groups is 1. The van der Waals surface area contributed by atoms with Gasteiger partial charge in [-0.3, -0.25) is 0 Å². The molecule has 1 aromatic heterocycles. The minimum absolute atomic E-state index is 0.0647. The van der Waals surface area contributed by atoms with Crippen molar-refractivity contribution in [3.05, 3.63) is 23.9 Å². The number of piperidine rings is 1. The van der Waals surface area contributed by atoms with Crippen LogP contribution in [0.1, 0.15) is 37.7 Å². The van der Waals surface area contributed by atoms with Crippen LogP contribution in [0, 0.1) is 5.41 Å². The van der Waals surface area contributed by atoms with Crippen molar-refractivity contribution in [3.8, 4) is 5.88 Å². The van der Waals surface area contributed by atoms with E-state index in [4.69, 9.17) is 9.84 Å². The molecule has 3 rings (SSSR count). The third-order valence-electron chi connectivity index (χ3n) is 5.48. The molecule has 2 heterocycles. The number of ether oxygens (including phenoxy) is 2. The van der Waals surface area contributed by atoms with Gasteiger partial charge >= 0.3 is 12.3 Å². The van der Waals surface area contributed by atoms with Gasteiger partial charge in [0, 0.05) is 30.9 Å². The molecule has 1 aliphatic carbocycles. The number of rotatable bonds is 5. The number of pyridine rings is 1. The Kier molecular flexibility index (Phi) is 6.16. The molecule has 1 amide bonds. The fourth-order valence-corrected chi connectivity index (χ4v) is 3.73. The molecule has 1 aliphatic heterocycles. The third-order valence-corrected chi connectivity index (χ3v) is 5.48. The molecule has 1 saturated carbocycles. The van der Waals surface area contributed by atoms with E-state index in [-0.39, 0.29) is 36.1 Å². The number of likely N-dealkylation sites (tertiary alicyclic amines) is 1. The lowest BCUT2D eigenvalue weighted by Crippen LogP contribution is -2.53. The number of alkyl halides is 5. The summed E-state index contributed by atoms with van der Waals surface area (Å²) in [5.41, 5.74) is -0.249. The Balaban J connectivity index is 1.44. The zero-order valence-corrected chi connectivity index (χ0v) is 15.4. The predicted octanol–water partition coefficient (Wildman–Crippen LogP) is 3.70. The van der Waals surface area contributed by atoms with E-state index < -0.39 is 31.4 Å². The monoisotopic (exact) mass is 424 g/mol. The fraction of sp³-hybridized carbons (Fsp3) is 0.667. The number of hydrogen-bond acceptors (Lipinski definition) is 5. The standard InChI is InChI=1S/C18H21F5N2O4/c19-15(20)11-1-2-14(24-9-11)28-12-7-17(8-12)3-5-25(6-4-17)16(27)29-13(10-26)18(21,22)23/h1-2,9,12-13,15,26H,3-8,10H2/t13-/m1/s1. The van der Waals surface area contributed by atoms with Gasteiger partial charge in [-0.15, -0.1) is 0 Å². The highest BCUT2D eigenvalue weighted by Gasteiger charge is 2.49. The van der Waals surface area contributed by atoms with Crippen LogP contribution in [0.2, 0.25) is 0 Å². The van der Waals surface area contributed by atoms with E-state index >= 15 is 0 Å². The Labute approximate surface area is 163 Å². The van der Waals surface area contributed by atoms with Crippen molar-refractivity contribution >= 4 is 6.09 Å². The zero-order valence-electron chi connectivity index (χ0n) is 15.4. The van der Waals surface area contributed by atoms with Crippen LogP contribution in [0.15, 0.2) is 18.3 Å². The molecule has 0 radical (unpaired) electrons. The molecule has 11 heteroatoms. The number of carbonyl (C=O) groups excluding carboxylic acids is 1. The van der Waals surface area contributed by atoms with Crippen LogP contribution in [0.4, 0.5) is 26.7 Å². The molecule has 1 aromatic rings. The molecule has 0 aromatic carbocycles. The minimum Gasteiger partial charge on any atom is -0.474 e. The average molecular weight is 424 g/mol. The molecular weight excluding hydrogens is 403 g/mol. The molecule has 6 nitrogen and oxygen atoms in total. The van der Waals surface area contributed by atoms with Crippen molar-refractivity contribution in [3.63, 3.8) is 0 Å². The second kappa shape index (κ2) is 8.29. The normalized spacial score (nSPS) is 20.4. The molecule has 2 aliphatic rings. The number of halogens is 5. The van der Waals surface area contributed by atoms with Crippen LogP contribution in [0.25, 0.3) is 0 Å². The highest BCUT2D eigenvalue weighted by Crippen LogP contribution is 2.50. The number of amides is 1. The van der Waals surface area contributed by atoms with Crippen molar-refractivity contribution in [2.45, 2.75) is 50.5 Å². The van der Waals surface area contributed by atoms with Gasteiger partial charge in [-0.1, -0.05) is 0 Å². The Bertz CT molecular complexity index is 697. The summed E-state index contributed by atoms with van der Waals surface area (Å²) in [5.74, 6) is 0.262. The zero-order chi connectivity index (χ0) is 21.2. The predicted molar refractivity (Wildman–Crippen MR) is 89.5 cm³/mol. The van der Waals surface area contributed by atoms with E-state index in [0.29, 0.717) is 25.7 Å². The summed E-state index contributed by atoms with van der Waals surface area (Å²) < 4.78 is 72.9. The lowest BCUT2D eigenvalue weighted by Gasteiger charge is -2.51. The van der Waals surface area contributed by atoms with E-state index in [1.165, 1.54) is 17.0 Å². The molecule has 2 fully saturated rings. The lowest BCUT2D eigenvalue weighted by atomic mass is 9.61. The number of nitrogens with zero attached hydrogens (tertiary/aromatic N) is 2. The van der Waals surface area contributed by atoms with Crippen molar-refractivity contribution in [2.24, 2.45) is 5.41 Å². The maximum Gasteiger partial charge on any atom is 0.427 e. The molecule has 1 N–H and O–H groups in total. The highest BCUT2D eigenvalue weighted by atomic mass is 19.4. The van der Waals surface area contributed by atoms with Gasteiger partial charge in [-0.05, 0) is 37.2 Å². The Hall–Kier alpha value is -2.17. The van der Waals surface area contributed by atoms with E-state index in [2.05, 4.69) is 9.72 Å². The molecule has 0 bridgehead atoms. The number of aliphatic hydroxyl groups excluding tert-OH is 1. The SMILES string of the molecule is O=C(O[C@H](CO)C(F)(F)F)N1CCC2(CC1)CC(Oc1ccc(C(F)F)cn1)C2. The van der Waals surface area contributed by atoms with Crippen molar-refractivity contribution in [1.29, 1.82) is 0 Å². The van der Waals surface area contributed by atoms with E-state index in [0.717, 1.165) is 6.20 Å². The molecule has 0 unspecified atom stereocenters. The molecule has 29 heavy (non-hydrogen) atoms. The molecule has 1 spiro atoms. The largest absolute Gasteiger partial charge is 0.474 e. The first-order chi connectivity index (χ1) is 13.6. The average Bonchev–Trinajstić information content (AvgIpc) is 2.64. The first-order valence-corrected chi connectivity index (χ1v) is 9.16. The van der Waals surface area contributed by atoms with Crippen LogP contribution in [-0.4, -0.2) is 59.2 Å². The minimum atomic E-state index is -4.82. The van der Waals surface area contributed by atoms with Crippen LogP contribution < -0.4 is 4.74 Å². The van der Waals surface area contributed by atoms with Gasteiger partial charge in [0.05, 0.1) is 6.61 Å². The summed E-state index contributed by atoms with van der Waals surface area (Å²) in [6, 6.07) is 2.65. The van der Waals surface area contributed by atoms with E-state index in [9.17, 15) is 26.7 Å².